The van der Waals surface area contributed by atoms with E-state index in [4.69, 9.17) is 4.52 Å². The summed E-state index contributed by atoms with van der Waals surface area (Å²) in [6.45, 7) is 4.04. The van der Waals surface area contributed by atoms with Crippen molar-refractivity contribution in [1.82, 2.24) is 20.5 Å². The summed E-state index contributed by atoms with van der Waals surface area (Å²) in [4.78, 5) is 6.52. The quantitative estimate of drug-likeness (QED) is 0.564. The predicted molar refractivity (Wildman–Crippen MR) is 72.2 cm³/mol. The van der Waals surface area contributed by atoms with Crippen LogP contribution in [0.2, 0.25) is 0 Å². The van der Waals surface area contributed by atoms with Crippen LogP contribution in [0.3, 0.4) is 0 Å². The number of aromatic nitrogens is 2. The minimum atomic E-state index is -0.0881. The molecule has 3 aliphatic rings. The van der Waals surface area contributed by atoms with Crippen molar-refractivity contribution in [2.24, 2.45) is 5.10 Å². The molecule has 0 saturated carbocycles. The molecule has 112 valence electrons. The Hall–Kier alpha value is -1.86. The zero-order valence-corrected chi connectivity index (χ0v) is 12.5. The third-order valence-corrected chi connectivity index (χ3v) is 4.08. The molecule has 1 aromatic rings. The fourth-order valence-electron chi connectivity index (χ4n) is 3.05. The van der Waals surface area contributed by atoms with Gasteiger partial charge in [-0.25, -0.2) is 0 Å². The van der Waals surface area contributed by atoms with Crippen molar-refractivity contribution in [3.8, 4) is 0 Å². The average molecular weight is 309 g/mol. The van der Waals surface area contributed by atoms with Gasteiger partial charge in [0.05, 0.1) is 18.7 Å². The van der Waals surface area contributed by atoms with E-state index in [1.54, 1.807) is 0 Å². The largest absolute Gasteiger partial charge is 1.00 e. The van der Waals surface area contributed by atoms with Gasteiger partial charge in [-0.05, 0) is 19.1 Å². The highest BCUT2D eigenvalue weighted by Gasteiger charge is 2.46. The lowest BCUT2D eigenvalue weighted by atomic mass is 9.95. The van der Waals surface area contributed by atoms with Crippen LogP contribution in [0.25, 0.3) is 5.57 Å². The second-order valence-corrected chi connectivity index (χ2v) is 5.38. The molecular formula is C13H17ClN6O. The molecule has 0 amide bonds. The number of nitrogens with two attached hydrogens (primary N) is 1. The van der Waals surface area contributed by atoms with E-state index in [0.29, 0.717) is 11.7 Å². The number of piperidine rings is 1. The minimum absolute atomic E-state index is 0. The zero-order valence-electron chi connectivity index (χ0n) is 11.7. The van der Waals surface area contributed by atoms with Gasteiger partial charge in [0.2, 0.25) is 0 Å². The molecule has 0 atom stereocenters. The Bertz CT molecular complexity index is 628. The Morgan fingerprint density at radius 1 is 1.38 bits per heavy atom. The van der Waals surface area contributed by atoms with Gasteiger partial charge in [0, 0.05) is 19.0 Å². The van der Waals surface area contributed by atoms with E-state index in [-0.39, 0.29) is 18.1 Å². The molecule has 1 saturated heterocycles. The molecule has 4 heterocycles. The monoisotopic (exact) mass is 308 g/mol. The third kappa shape index (κ3) is 2.13. The molecule has 0 radical (unpaired) electrons. The first-order chi connectivity index (χ1) is 9.78. The Morgan fingerprint density at radius 3 is 2.90 bits per heavy atom. The van der Waals surface area contributed by atoms with Gasteiger partial charge in [0.15, 0.2) is 11.7 Å². The molecule has 1 spiro atoms. The lowest BCUT2D eigenvalue weighted by Gasteiger charge is -2.39. The van der Waals surface area contributed by atoms with Crippen LogP contribution in [0, 0.1) is 6.92 Å². The van der Waals surface area contributed by atoms with Crippen molar-refractivity contribution in [2.45, 2.75) is 25.4 Å². The fourth-order valence-corrected chi connectivity index (χ4v) is 3.05. The van der Waals surface area contributed by atoms with E-state index in [9.17, 15) is 0 Å². The number of amidine groups is 1. The molecule has 0 aromatic carbocycles. The van der Waals surface area contributed by atoms with Crippen molar-refractivity contribution in [3.05, 3.63) is 30.1 Å². The Balaban J connectivity index is 0.00000132. The van der Waals surface area contributed by atoms with E-state index in [1.165, 1.54) is 0 Å². The summed E-state index contributed by atoms with van der Waals surface area (Å²) >= 11 is 0. The average Bonchev–Trinajstić information content (AvgIpc) is 3.06. The molecule has 1 aromatic heterocycles. The SMILES string of the molecule is Cc1noc(C2=CC=CN3C2=NNC32CC[NH2+]CC2)n1.[Cl-]. The number of hydrogen-bond acceptors (Lipinski definition) is 6. The predicted octanol–water partition coefficient (Wildman–Crippen LogP) is -3.44. The van der Waals surface area contributed by atoms with E-state index in [2.05, 4.69) is 37.1 Å². The van der Waals surface area contributed by atoms with E-state index in [0.717, 1.165) is 37.3 Å². The van der Waals surface area contributed by atoms with E-state index >= 15 is 0 Å². The van der Waals surface area contributed by atoms with Gasteiger partial charge in [-0.15, -0.1) is 0 Å². The van der Waals surface area contributed by atoms with Crippen LogP contribution >= 0.6 is 0 Å². The first-order valence-corrected chi connectivity index (χ1v) is 6.94. The standard InChI is InChI=1S/C13H16N6O.ClH/c1-9-15-12(20-17-9)10-3-2-8-19-11(10)16-18-13(19)4-6-14-7-5-13;/h2-3,8,14,18H,4-7H2,1H3;1H. The van der Waals surface area contributed by atoms with Gasteiger partial charge < -0.3 is 27.1 Å². The van der Waals surface area contributed by atoms with Gasteiger partial charge >= 0.3 is 0 Å². The van der Waals surface area contributed by atoms with Gasteiger partial charge in [-0.3, -0.25) is 5.43 Å². The number of nitrogens with zero attached hydrogens (tertiary/aromatic N) is 4. The molecule has 0 bridgehead atoms. The van der Waals surface area contributed by atoms with Crippen molar-refractivity contribution < 1.29 is 22.2 Å². The molecule has 8 heteroatoms. The Kier molecular flexibility index (Phi) is 3.46. The van der Waals surface area contributed by atoms with Gasteiger partial charge in [0.1, 0.15) is 5.66 Å². The van der Waals surface area contributed by atoms with Crippen molar-refractivity contribution >= 4 is 11.4 Å². The van der Waals surface area contributed by atoms with Gasteiger partial charge in [-0.1, -0.05) is 5.16 Å². The number of halogens is 1. The van der Waals surface area contributed by atoms with Crippen molar-refractivity contribution in [2.75, 3.05) is 13.1 Å². The van der Waals surface area contributed by atoms with Crippen molar-refractivity contribution in [1.29, 1.82) is 0 Å². The van der Waals surface area contributed by atoms with Crippen LogP contribution < -0.4 is 23.1 Å². The van der Waals surface area contributed by atoms with Crippen molar-refractivity contribution in [3.63, 3.8) is 0 Å². The summed E-state index contributed by atoms with van der Waals surface area (Å²) in [7, 11) is 0. The highest BCUT2D eigenvalue weighted by atomic mass is 35.5. The van der Waals surface area contributed by atoms with Crippen LogP contribution in [0.15, 0.2) is 28.0 Å². The first-order valence-electron chi connectivity index (χ1n) is 6.94. The normalized spacial score (nSPS) is 22.2. The van der Waals surface area contributed by atoms with Gasteiger partial charge in [-0.2, -0.15) is 10.1 Å². The maximum Gasteiger partial charge on any atom is 0.261 e. The van der Waals surface area contributed by atoms with Crippen LogP contribution in [0.1, 0.15) is 24.6 Å². The van der Waals surface area contributed by atoms with E-state index < -0.39 is 0 Å². The Labute approximate surface area is 128 Å². The molecule has 4 rings (SSSR count). The van der Waals surface area contributed by atoms with Crippen LogP contribution in [-0.2, 0) is 0 Å². The summed E-state index contributed by atoms with van der Waals surface area (Å²) < 4.78 is 5.28. The molecule has 1 fully saturated rings. The molecular weight excluding hydrogens is 292 g/mol. The number of rotatable bonds is 1. The lowest BCUT2D eigenvalue weighted by molar-refractivity contribution is -0.666. The summed E-state index contributed by atoms with van der Waals surface area (Å²) in [6.07, 6.45) is 8.18. The smallest absolute Gasteiger partial charge is 0.261 e. The van der Waals surface area contributed by atoms with Crippen LogP contribution in [0.4, 0.5) is 0 Å². The second kappa shape index (κ2) is 5.16. The third-order valence-electron chi connectivity index (χ3n) is 4.08. The number of hydrazone groups is 1. The lowest BCUT2D eigenvalue weighted by Crippen LogP contribution is -3.00. The van der Waals surface area contributed by atoms with Crippen LogP contribution in [-0.4, -0.2) is 39.6 Å². The highest BCUT2D eigenvalue weighted by molar-refractivity contribution is 6.23. The maximum atomic E-state index is 5.28. The fraction of sp³-hybridized carbons (Fsp3) is 0.462. The molecule has 21 heavy (non-hydrogen) atoms. The second-order valence-electron chi connectivity index (χ2n) is 5.38. The molecule has 3 N–H and O–H groups in total. The Morgan fingerprint density at radius 2 is 2.19 bits per heavy atom. The molecule has 7 nitrogen and oxygen atoms in total. The number of quaternary nitrogens is 1. The summed E-state index contributed by atoms with van der Waals surface area (Å²) in [5, 5.41) is 10.7. The maximum absolute atomic E-state index is 5.28. The van der Waals surface area contributed by atoms with Gasteiger partial charge in [0.25, 0.3) is 5.89 Å². The number of fused-ring (bicyclic) bond motifs is 2. The zero-order chi connectivity index (χ0) is 13.6. The highest BCUT2D eigenvalue weighted by Crippen LogP contribution is 2.33. The minimum Gasteiger partial charge on any atom is -1.00 e. The van der Waals surface area contributed by atoms with E-state index in [1.807, 2.05) is 19.1 Å². The number of allylic oxidation sites excluding steroid dienone is 2. The number of aryl methyl sites for hydroxylation is 1. The first kappa shape index (κ1) is 14.1. The summed E-state index contributed by atoms with van der Waals surface area (Å²) in [6, 6.07) is 0. The summed E-state index contributed by atoms with van der Waals surface area (Å²) in [5.74, 6) is 2.03. The topological polar surface area (TPSA) is 83.2 Å². The molecule has 3 aliphatic heterocycles. The summed E-state index contributed by atoms with van der Waals surface area (Å²) in [5.41, 5.74) is 4.13. The molecule has 0 unspecified atom stereocenters. The molecule has 0 aliphatic carbocycles. The van der Waals surface area contributed by atoms with Crippen LogP contribution in [0.5, 0.6) is 0 Å². The number of hydrogen-bond donors (Lipinski definition) is 2. The number of nitrogens with one attached hydrogen (secondary N) is 1.